The zero-order chi connectivity index (χ0) is 37.5. The monoisotopic (exact) mass is 844 g/mol. The number of rotatable bonds is 6. The number of hydrogen-bond donors (Lipinski definition) is 1. The van der Waals surface area contributed by atoms with E-state index < -0.39 is 58.5 Å². The number of methoxy groups -OCH3 is 1. The van der Waals surface area contributed by atoms with Crippen LogP contribution in [-0.2, 0) is 19.2 Å². The number of allylic oxidation sites excluding steroid dienone is 2. The topological polar surface area (TPSA) is 121 Å². The van der Waals surface area contributed by atoms with Crippen LogP contribution in [0.5, 0.6) is 11.5 Å². The molecule has 2 saturated heterocycles. The number of benzene rings is 4. The highest BCUT2D eigenvalue weighted by molar-refractivity contribution is 14.1. The Labute approximate surface area is 322 Å². The number of halogens is 3. The summed E-state index contributed by atoms with van der Waals surface area (Å²) in [6.07, 6.45) is 2.26. The van der Waals surface area contributed by atoms with Gasteiger partial charge in [-0.2, -0.15) is 0 Å². The van der Waals surface area contributed by atoms with Crippen LogP contribution in [0.2, 0.25) is 5.02 Å². The van der Waals surface area contributed by atoms with Gasteiger partial charge in [0, 0.05) is 17.0 Å². The van der Waals surface area contributed by atoms with Crippen LogP contribution in [0.25, 0.3) is 0 Å². The highest BCUT2D eigenvalue weighted by atomic mass is 127. The van der Waals surface area contributed by atoms with E-state index in [1.807, 2.05) is 34.7 Å². The lowest BCUT2D eigenvalue weighted by Crippen LogP contribution is -2.48. The predicted molar refractivity (Wildman–Crippen MR) is 202 cm³/mol. The summed E-state index contributed by atoms with van der Waals surface area (Å²) in [4.78, 5) is 73.0. The van der Waals surface area contributed by atoms with Crippen molar-refractivity contribution in [2.45, 2.75) is 25.7 Å². The molecule has 1 saturated carbocycles. The average Bonchev–Trinajstić information content (AvgIpc) is 3.53. The molecule has 4 aliphatic rings. The van der Waals surface area contributed by atoms with E-state index in [2.05, 4.69) is 0 Å². The summed E-state index contributed by atoms with van der Waals surface area (Å²) in [6, 6.07) is 22.2. The van der Waals surface area contributed by atoms with Crippen molar-refractivity contribution in [2.75, 3.05) is 16.9 Å². The Bertz CT molecular complexity index is 2300. The van der Waals surface area contributed by atoms with Crippen LogP contribution < -0.4 is 14.5 Å². The smallest absolute Gasteiger partial charge is 0.241 e. The molecule has 0 spiro atoms. The van der Waals surface area contributed by atoms with E-state index in [4.69, 9.17) is 16.3 Å². The first kappa shape index (κ1) is 35.2. The fourth-order valence-electron chi connectivity index (χ4n) is 8.95. The van der Waals surface area contributed by atoms with Crippen molar-refractivity contribution in [3.8, 4) is 11.5 Å². The van der Waals surface area contributed by atoms with Crippen LogP contribution in [0.15, 0.2) is 96.6 Å². The molecule has 2 heterocycles. The number of nitrogens with zero attached hydrogens (tertiary/aromatic N) is 2. The number of carbonyl (C=O) groups excluding carboxylic acids is 5. The van der Waals surface area contributed by atoms with Crippen molar-refractivity contribution in [2.24, 2.45) is 29.1 Å². The normalized spacial score (nSPS) is 26.3. The summed E-state index contributed by atoms with van der Waals surface area (Å²) < 4.78 is 20.2. The van der Waals surface area contributed by atoms with Crippen molar-refractivity contribution in [3.05, 3.63) is 128 Å². The molecular formula is C41H31ClFIN2O7. The maximum Gasteiger partial charge on any atom is 0.241 e. The number of phenolic OH excluding ortho intramolecular Hbond substituents is 1. The van der Waals surface area contributed by atoms with E-state index in [0.717, 1.165) is 16.5 Å². The summed E-state index contributed by atoms with van der Waals surface area (Å²) in [6.45, 7) is 1.73. The second kappa shape index (κ2) is 12.9. The lowest BCUT2D eigenvalue weighted by atomic mass is 9.51. The third-order valence-electron chi connectivity index (χ3n) is 11.5. The molecule has 2 aliphatic carbocycles. The Morgan fingerprint density at radius 3 is 2.25 bits per heavy atom. The first-order valence-corrected chi connectivity index (χ1v) is 18.5. The maximum atomic E-state index is 14.7. The summed E-state index contributed by atoms with van der Waals surface area (Å²) in [5, 5.41) is 10.5. The first-order valence-electron chi connectivity index (χ1n) is 17.0. The third-order valence-corrected chi connectivity index (χ3v) is 12.6. The van der Waals surface area contributed by atoms with E-state index in [1.165, 1.54) is 24.1 Å². The van der Waals surface area contributed by atoms with Gasteiger partial charge in [-0.25, -0.2) is 9.29 Å². The molecular weight excluding hydrogens is 814 g/mol. The van der Waals surface area contributed by atoms with Crippen molar-refractivity contribution >= 4 is 75.0 Å². The van der Waals surface area contributed by atoms with Crippen molar-refractivity contribution < 1.29 is 38.2 Å². The van der Waals surface area contributed by atoms with E-state index in [-0.39, 0.29) is 46.7 Å². The van der Waals surface area contributed by atoms with Gasteiger partial charge in [-0.1, -0.05) is 53.6 Å². The number of ketones is 1. The van der Waals surface area contributed by atoms with Crippen molar-refractivity contribution in [1.29, 1.82) is 0 Å². The van der Waals surface area contributed by atoms with Crippen molar-refractivity contribution in [3.63, 3.8) is 0 Å². The first-order chi connectivity index (χ1) is 25.4. The molecule has 12 heteroatoms. The lowest BCUT2D eigenvalue weighted by Gasteiger charge is -2.49. The standard InChI is InChI=1S/C41H31ClFIN2O7/c1-41-28(38(50)46(40(41)52)24-12-15-30(43)29(42)18-24)19-27-25(34(41)22-16-31(44)36(48)32(17-22)53-2)13-14-26-33(27)39(51)45(37(26)49)23-10-8-21(9-11-23)35(47)20-6-4-3-5-7-20/h3-13,15-18,26-28,33-34,48H,14,19H2,1-2H3. The molecule has 268 valence electrons. The molecule has 6 atom stereocenters. The molecule has 2 aliphatic heterocycles. The van der Waals surface area contributed by atoms with E-state index in [1.54, 1.807) is 67.6 Å². The highest BCUT2D eigenvalue weighted by Gasteiger charge is 2.67. The molecule has 3 fully saturated rings. The molecule has 8 rings (SSSR count). The molecule has 4 amide bonds. The van der Waals surface area contributed by atoms with Gasteiger partial charge in [0.2, 0.25) is 23.6 Å². The molecule has 9 nitrogen and oxygen atoms in total. The fourth-order valence-corrected chi connectivity index (χ4v) is 9.75. The van der Waals surface area contributed by atoms with Gasteiger partial charge in [0.1, 0.15) is 5.82 Å². The van der Waals surface area contributed by atoms with Gasteiger partial charge in [-0.05, 0) is 108 Å². The quantitative estimate of drug-likeness (QED) is 0.0926. The number of hydrogen-bond acceptors (Lipinski definition) is 7. The second-order valence-electron chi connectivity index (χ2n) is 14.1. The summed E-state index contributed by atoms with van der Waals surface area (Å²) in [5.41, 5.74) is 1.36. The molecule has 53 heavy (non-hydrogen) atoms. The minimum Gasteiger partial charge on any atom is -0.504 e. The second-order valence-corrected chi connectivity index (χ2v) is 15.6. The van der Waals surface area contributed by atoms with Gasteiger partial charge in [-0.3, -0.25) is 28.9 Å². The number of fused-ring (bicyclic) bond motifs is 4. The molecule has 6 unspecified atom stereocenters. The third kappa shape index (κ3) is 5.25. The Morgan fingerprint density at radius 1 is 0.887 bits per heavy atom. The molecule has 0 aromatic heterocycles. The molecule has 1 N–H and O–H groups in total. The van der Waals surface area contributed by atoms with Crippen LogP contribution in [0.3, 0.4) is 0 Å². The van der Waals surface area contributed by atoms with Gasteiger partial charge in [0.15, 0.2) is 17.3 Å². The minimum atomic E-state index is -1.37. The zero-order valence-corrected chi connectivity index (χ0v) is 31.3. The number of phenols is 1. The van der Waals surface area contributed by atoms with Gasteiger partial charge >= 0.3 is 0 Å². The summed E-state index contributed by atoms with van der Waals surface area (Å²) >= 11 is 8.09. The molecule has 0 bridgehead atoms. The molecule has 4 aromatic rings. The van der Waals surface area contributed by atoms with Gasteiger partial charge in [0.25, 0.3) is 0 Å². The number of imide groups is 2. The van der Waals surface area contributed by atoms with Gasteiger partial charge in [0.05, 0.1) is 50.2 Å². The van der Waals surface area contributed by atoms with Crippen molar-refractivity contribution in [1.82, 2.24) is 0 Å². The fraction of sp³-hybridized carbons (Fsp3) is 0.244. The van der Waals surface area contributed by atoms with Crippen LogP contribution >= 0.6 is 34.2 Å². The zero-order valence-electron chi connectivity index (χ0n) is 28.4. The minimum absolute atomic E-state index is 0.0799. The van der Waals surface area contributed by atoms with E-state index in [9.17, 15) is 33.5 Å². The predicted octanol–water partition coefficient (Wildman–Crippen LogP) is 7.46. The number of carbonyl (C=O) groups is 5. The van der Waals surface area contributed by atoms with E-state index in [0.29, 0.717) is 25.9 Å². The summed E-state index contributed by atoms with van der Waals surface area (Å²) in [7, 11) is 1.42. The number of anilines is 2. The van der Waals surface area contributed by atoms with Gasteiger partial charge in [-0.15, -0.1) is 0 Å². The van der Waals surface area contributed by atoms with Crippen LogP contribution in [0, 0.1) is 38.5 Å². The van der Waals surface area contributed by atoms with Crippen LogP contribution in [0.1, 0.15) is 47.2 Å². The van der Waals surface area contributed by atoms with Gasteiger partial charge < -0.3 is 9.84 Å². The number of amides is 4. The van der Waals surface area contributed by atoms with E-state index >= 15 is 0 Å². The molecule has 0 radical (unpaired) electrons. The number of ether oxygens (including phenoxy) is 1. The average molecular weight is 845 g/mol. The largest absolute Gasteiger partial charge is 0.504 e. The summed E-state index contributed by atoms with van der Waals surface area (Å²) in [5.74, 6) is -6.42. The lowest BCUT2D eigenvalue weighted by molar-refractivity contribution is -0.131. The van der Waals surface area contributed by atoms with Crippen LogP contribution in [0.4, 0.5) is 15.8 Å². The van der Waals surface area contributed by atoms with Crippen LogP contribution in [-0.4, -0.2) is 41.6 Å². The molecule has 4 aromatic carbocycles. The Kier molecular flexibility index (Phi) is 8.56. The number of aromatic hydroxyl groups is 1. The SMILES string of the molecule is COc1cc(C2C3=CCC4C(=O)N(c5ccc(C(=O)c6ccccc6)cc5)C(=O)C4C3CC3C(=O)N(c4ccc(F)c(Cl)c4)C(=O)C32C)cc(I)c1O. The highest BCUT2D eigenvalue weighted by Crippen LogP contribution is 2.64. The Morgan fingerprint density at radius 2 is 1.57 bits per heavy atom. The Balaban J connectivity index is 1.20. The Hall–Kier alpha value is -4.88. The maximum absolute atomic E-state index is 14.7.